The summed E-state index contributed by atoms with van der Waals surface area (Å²) in [5.41, 5.74) is -0.0906. The Labute approximate surface area is 87.9 Å². The molecule has 0 aromatic carbocycles. The van der Waals surface area contributed by atoms with Gasteiger partial charge in [0, 0.05) is 24.4 Å². The van der Waals surface area contributed by atoms with Crippen molar-refractivity contribution < 1.29 is 14.6 Å². The van der Waals surface area contributed by atoms with E-state index in [0.717, 1.165) is 19.3 Å². The van der Waals surface area contributed by atoms with Crippen LogP contribution >= 0.6 is 0 Å². The summed E-state index contributed by atoms with van der Waals surface area (Å²) in [5, 5.41) is 19.9. The highest BCUT2D eigenvalue weighted by Gasteiger charge is 2.73. The van der Waals surface area contributed by atoms with Gasteiger partial charge in [0.25, 0.3) is 0 Å². The zero-order chi connectivity index (χ0) is 10.5. The van der Waals surface area contributed by atoms with Crippen LogP contribution in [0.1, 0.15) is 32.1 Å². The second kappa shape index (κ2) is 2.11. The number of hydrogen-bond donors (Lipinski definition) is 2. The number of rotatable bonds is 0. The zero-order valence-corrected chi connectivity index (χ0v) is 8.62. The summed E-state index contributed by atoms with van der Waals surface area (Å²) in [7, 11) is 0. The van der Waals surface area contributed by atoms with E-state index < -0.39 is 12.1 Å². The van der Waals surface area contributed by atoms with Crippen LogP contribution in [0.25, 0.3) is 0 Å². The monoisotopic (exact) mass is 213 g/mol. The molecular weight excluding hydrogens is 197 g/mol. The molecule has 2 heterocycles. The van der Waals surface area contributed by atoms with Gasteiger partial charge in [0.05, 0.1) is 0 Å². The highest BCUT2D eigenvalue weighted by atomic mass is 19.1. The van der Waals surface area contributed by atoms with E-state index in [1.165, 1.54) is 0 Å². The molecule has 2 saturated heterocycles. The van der Waals surface area contributed by atoms with Crippen molar-refractivity contribution in [2.75, 3.05) is 6.54 Å². The number of aliphatic hydroxyl groups is 2. The lowest BCUT2D eigenvalue weighted by molar-refractivity contribution is -0.247. The molecule has 84 valence electrons. The molecule has 3 atom stereocenters. The first kappa shape index (κ1) is 8.90. The van der Waals surface area contributed by atoms with Gasteiger partial charge in [-0.05, 0) is 31.1 Å². The highest BCUT2D eigenvalue weighted by molar-refractivity contribution is 5.22. The van der Waals surface area contributed by atoms with E-state index in [1.54, 1.807) is 4.90 Å². The van der Waals surface area contributed by atoms with Gasteiger partial charge in [0.1, 0.15) is 6.17 Å². The molecule has 2 aliphatic heterocycles. The minimum Gasteiger partial charge on any atom is -0.353 e. The second-order valence-corrected chi connectivity index (χ2v) is 6.20. The average molecular weight is 213 g/mol. The largest absolute Gasteiger partial charge is 0.353 e. The molecule has 2 saturated carbocycles. The lowest BCUT2D eigenvalue weighted by Gasteiger charge is -2.27. The number of fused-ring (bicyclic) bond motifs is 2. The molecule has 0 bridgehead atoms. The Bertz CT molecular complexity index is 327. The van der Waals surface area contributed by atoms with Crippen LogP contribution in [-0.4, -0.2) is 39.8 Å². The standard InChI is InChI=1S/C11H16FNO2/c12-7-3-10(7)4-8-9(1-2-9)5-11(14,15)13(8)6-10/h7-8,14-15H,1-6H2/t7?,8?,10-/m0/s1. The van der Waals surface area contributed by atoms with E-state index in [-0.39, 0.29) is 16.9 Å². The van der Waals surface area contributed by atoms with Crippen LogP contribution in [0.15, 0.2) is 0 Å². The molecule has 2 spiro atoms. The van der Waals surface area contributed by atoms with Crippen LogP contribution in [0.5, 0.6) is 0 Å². The summed E-state index contributed by atoms with van der Waals surface area (Å²) in [6, 6.07) is 0.230. The van der Waals surface area contributed by atoms with Crippen LogP contribution < -0.4 is 0 Å². The van der Waals surface area contributed by atoms with Crippen molar-refractivity contribution >= 4 is 0 Å². The Morgan fingerprint density at radius 2 is 1.80 bits per heavy atom. The molecule has 2 N–H and O–H groups in total. The maximum atomic E-state index is 13.3. The molecule has 2 aliphatic carbocycles. The first-order chi connectivity index (χ1) is 6.98. The minimum atomic E-state index is -1.66. The first-order valence-corrected chi connectivity index (χ1v) is 5.83. The quantitative estimate of drug-likeness (QED) is 0.579. The van der Waals surface area contributed by atoms with Gasteiger partial charge in [-0.2, -0.15) is 0 Å². The van der Waals surface area contributed by atoms with Crippen LogP contribution in [0.2, 0.25) is 0 Å². The van der Waals surface area contributed by atoms with Crippen LogP contribution in [-0.2, 0) is 0 Å². The molecule has 4 fully saturated rings. The van der Waals surface area contributed by atoms with Crippen LogP contribution in [0.4, 0.5) is 4.39 Å². The van der Waals surface area contributed by atoms with Gasteiger partial charge in [-0.3, -0.25) is 0 Å². The normalized spacial score (nSPS) is 53.8. The Morgan fingerprint density at radius 1 is 1.13 bits per heavy atom. The third kappa shape index (κ3) is 0.918. The van der Waals surface area contributed by atoms with Gasteiger partial charge in [-0.1, -0.05) is 0 Å². The molecule has 0 amide bonds. The SMILES string of the molecule is OC1(O)CC2(CC2)C2C[C@@]3(CC3F)CN21. The Balaban J connectivity index is 1.70. The summed E-state index contributed by atoms with van der Waals surface area (Å²) < 4.78 is 13.3. The molecule has 0 aromatic rings. The molecule has 4 rings (SSSR count). The summed E-state index contributed by atoms with van der Waals surface area (Å²) in [6.07, 6.45) is 3.42. The molecule has 15 heavy (non-hydrogen) atoms. The fourth-order valence-corrected chi connectivity index (χ4v) is 3.97. The number of nitrogens with zero attached hydrogens (tertiary/aromatic N) is 1. The van der Waals surface area contributed by atoms with Gasteiger partial charge in [0.15, 0.2) is 0 Å². The van der Waals surface area contributed by atoms with Crippen molar-refractivity contribution in [1.29, 1.82) is 0 Å². The third-order valence-corrected chi connectivity index (χ3v) is 5.20. The van der Waals surface area contributed by atoms with E-state index >= 15 is 0 Å². The molecular formula is C11H16FNO2. The molecule has 4 aliphatic rings. The lowest BCUT2D eigenvalue weighted by atomic mass is 9.90. The van der Waals surface area contributed by atoms with Crippen LogP contribution in [0, 0.1) is 10.8 Å². The van der Waals surface area contributed by atoms with Crippen molar-refractivity contribution in [3.8, 4) is 0 Å². The second-order valence-electron chi connectivity index (χ2n) is 6.20. The van der Waals surface area contributed by atoms with Gasteiger partial charge < -0.3 is 10.2 Å². The zero-order valence-electron chi connectivity index (χ0n) is 8.62. The van der Waals surface area contributed by atoms with Gasteiger partial charge in [-0.15, -0.1) is 0 Å². The van der Waals surface area contributed by atoms with Crippen molar-refractivity contribution in [1.82, 2.24) is 4.90 Å². The van der Waals surface area contributed by atoms with Crippen molar-refractivity contribution in [2.45, 2.75) is 50.2 Å². The van der Waals surface area contributed by atoms with Crippen LogP contribution in [0.3, 0.4) is 0 Å². The van der Waals surface area contributed by atoms with E-state index in [1.807, 2.05) is 0 Å². The van der Waals surface area contributed by atoms with Gasteiger partial charge in [-0.25, -0.2) is 9.29 Å². The van der Waals surface area contributed by atoms with Gasteiger partial charge in [0.2, 0.25) is 5.91 Å². The summed E-state index contributed by atoms with van der Waals surface area (Å²) >= 11 is 0. The maximum Gasteiger partial charge on any atom is 0.225 e. The Hall–Kier alpha value is -0.190. The van der Waals surface area contributed by atoms with Crippen molar-refractivity contribution in [2.24, 2.45) is 10.8 Å². The number of hydrogen-bond acceptors (Lipinski definition) is 3. The van der Waals surface area contributed by atoms with E-state index in [0.29, 0.717) is 19.4 Å². The van der Waals surface area contributed by atoms with E-state index in [9.17, 15) is 14.6 Å². The predicted octanol–water partition coefficient (Wildman–Crippen LogP) is 0.611. The molecule has 3 nitrogen and oxygen atoms in total. The van der Waals surface area contributed by atoms with E-state index in [4.69, 9.17) is 0 Å². The maximum absolute atomic E-state index is 13.3. The Kier molecular flexibility index (Phi) is 1.25. The fraction of sp³-hybridized carbons (Fsp3) is 1.00. The summed E-state index contributed by atoms with van der Waals surface area (Å²) in [4.78, 5) is 1.76. The molecule has 4 heteroatoms. The third-order valence-electron chi connectivity index (χ3n) is 5.20. The van der Waals surface area contributed by atoms with E-state index in [2.05, 4.69) is 0 Å². The topological polar surface area (TPSA) is 43.7 Å². The number of halogens is 1. The average Bonchev–Trinajstić information content (AvgIpc) is 2.92. The predicted molar refractivity (Wildman–Crippen MR) is 50.5 cm³/mol. The lowest BCUT2D eigenvalue weighted by Crippen LogP contribution is -2.45. The number of alkyl halides is 1. The van der Waals surface area contributed by atoms with Crippen molar-refractivity contribution in [3.05, 3.63) is 0 Å². The Morgan fingerprint density at radius 3 is 2.33 bits per heavy atom. The smallest absolute Gasteiger partial charge is 0.225 e. The summed E-state index contributed by atoms with van der Waals surface area (Å²) in [5.74, 6) is -1.66. The summed E-state index contributed by atoms with van der Waals surface area (Å²) in [6.45, 7) is 0.549. The first-order valence-electron chi connectivity index (χ1n) is 5.83. The molecule has 0 aromatic heterocycles. The van der Waals surface area contributed by atoms with Gasteiger partial charge >= 0.3 is 0 Å². The van der Waals surface area contributed by atoms with Crippen molar-refractivity contribution in [3.63, 3.8) is 0 Å². The minimum absolute atomic E-state index is 0.120. The molecule has 0 radical (unpaired) electrons. The molecule has 2 unspecified atom stereocenters. The highest BCUT2D eigenvalue weighted by Crippen LogP contribution is 2.70. The fourth-order valence-electron chi connectivity index (χ4n) is 3.97.